The van der Waals surface area contributed by atoms with Crippen LogP contribution in [0.25, 0.3) is 6.08 Å². The molecule has 0 unspecified atom stereocenters. The number of rotatable bonds is 16. The van der Waals surface area contributed by atoms with Crippen molar-refractivity contribution in [2.24, 2.45) is 0 Å². The van der Waals surface area contributed by atoms with Crippen LogP contribution in [0.3, 0.4) is 0 Å². The zero-order valence-electron chi connectivity index (χ0n) is 24.4. The van der Waals surface area contributed by atoms with Gasteiger partial charge in [0.25, 0.3) is 0 Å². The van der Waals surface area contributed by atoms with E-state index in [0.717, 1.165) is 39.7 Å². The monoisotopic (exact) mass is 653 g/mol. The second-order valence-electron chi connectivity index (χ2n) is 10.8. The second-order valence-corrected chi connectivity index (χ2v) is 25.8. The molecule has 0 fully saturated rings. The molecule has 0 N–H and O–H groups in total. The van der Waals surface area contributed by atoms with Gasteiger partial charge in [0.1, 0.15) is 0 Å². The molecule has 0 aliphatic carbocycles. The molecule has 0 amide bonds. The molecule has 0 aliphatic rings. The number of benzene rings is 3. The van der Waals surface area contributed by atoms with Gasteiger partial charge < -0.3 is 0 Å². The molecule has 3 nitrogen and oxygen atoms in total. The van der Waals surface area contributed by atoms with Crippen molar-refractivity contribution in [3.8, 4) is 0 Å². The Balaban J connectivity index is 2.33. The van der Waals surface area contributed by atoms with Gasteiger partial charge in [0, 0.05) is 0 Å². The molecule has 0 aromatic heterocycles. The molecule has 0 saturated carbocycles. The van der Waals surface area contributed by atoms with Crippen molar-refractivity contribution in [1.82, 2.24) is 4.31 Å². The molecule has 3 aromatic rings. The Bertz CT molecular complexity index is 1230. The van der Waals surface area contributed by atoms with Gasteiger partial charge in [0.05, 0.1) is 0 Å². The topological polar surface area (TPSA) is 37.4 Å². The van der Waals surface area contributed by atoms with Crippen molar-refractivity contribution in [3.05, 3.63) is 105 Å². The Morgan fingerprint density at radius 3 is 1.69 bits per heavy atom. The average molecular weight is 653 g/mol. The number of hydrogen-bond donors (Lipinski definition) is 0. The number of sulfonamides is 1. The first-order chi connectivity index (χ1) is 18.9. The first-order valence-corrected chi connectivity index (χ1v) is 23.7. The van der Waals surface area contributed by atoms with Gasteiger partial charge in [-0.15, -0.1) is 0 Å². The van der Waals surface area contributed by atoms with E-state index in [4.69, 9.17) is 0 Å². The van der Waals surface area contributed by atoms with Gasteiger partial charge in [-0.3, -0.25) is 0 Å². The average Bonchev–Trinajstić information content (AvgIpc) is 2.96. The van der Waals surface area contributed by atoms with Crippen LogP contribution in [0.5, 0.6) is 0 Å². The van der Waals surface area contributed by atoms with E-state index in [2.05, 4.69) is 63.2 Å². The minimum absolute atomic E-state index is 0.360. The molecule has 0 spiro atoms. The van der Waals surface area contributed by atoms with Crippen molar-refractivity contribution >= 4 is 34.5 Å². The van der Waals surface area contributed by atoms with Crippen molar-refractivity contribution < 1.29 is 8.42 Å². The molecule has 39 heavy (non-hydrogen) atoms. The first kappa shape index (κ1) is 31.5. The van der Waals surface area contributed by atoms with Gasteiger partial charge in [0.2, 0.25) is 0 Å². The number of aryl methyl sites for hydroxylation is 1. The van der Waals surface area contributed by atoms with Gasteiger partial charge in [-0.25, -0.2) is 0 Å². The van der Waals surface area contributed by atoms with E-state index < -0.39 is 28.4 Å². The van der Waals surface area contributed by atoms with Crippen LogP contribution in [0.4, 0.5) is 0 Å². The Morgan fingerprint density at radius 2 is 1.21 bits per heavy atom. The molecule has 5 heteroatoms. The molecule has 3 rings (SSSR count). The van der Waals surface area contributed by atoms with E-state index in [9.17, 15) is 8.42 Å². The molecule has 0 atom stereocenters. The third kappa shape index (κ3) is 8.72. The molecule has 210 valence electrons. The summed E-state index contributed by atoms with van der Waals surface area (Å²) in [7, 11) is -3.78. The molecule has 0 saturated heterocycles. The Hall–Kier alpha value is -2.05. The van der Waals surface area contributed by atoms with Crippen LogP contribution in [0.2, 0.25) is 13.3 Å². The van der Waals surface area contributed by atoms with Gasteiger partial charge in [-0.05, 0) is 0 Å². The van der Waals surface area contributed by atoms with Crippen molar-refractivity contribution in [3.63, 3.8) is 0 Å². The van der Waals surface area contributed by atoms with Gasteiger partial charge >= 0.3 is 244 Å². The van der Waals surface area contributed by atoms with Crippen LogP contribution >= 0.6 is 0 Å². The van der Waals surface area contributed by atoms with Crippen LogP contribution in [-0.4, -0.2) is 31.1 Å². The third-order valence-corrected chi connectivity index (χ3v) is 25.5. The number of unbranched alkanes of at least 4 members (excludes halogenated alkanes) is 3. The van der Waals surface area contributed by atoms with Crippen molar-refractivity contribution in [1.29, 1.82) is 0 Å². The fourth-order valence-corrected chi connectivity index (χ4v) is 25.3. The Kier molecular flexibility index (Phi) is 12.6. The van der Waals surface area contributed by atoms with Crippen LogP contribution in [0.1, 0.15) is 76.0 Å². The fourth-order valence-electron chi connectivity index (χ4n) is 5.39. The van der Waals surface area contributed by atoms with Gasteiger partial charge in [0.15, 0.2) is 0 Å². The van der Waals surface area contributed by atoms with Crippen molar-refractivity contribution in [2.45, 2.75) is 91.0 Å². The van der Waals surface area contributed by atoms with E-state index in [1.807, 2.05) is 47.6 Å². The summed E-state index contributed by atoms with van der Waals surface area (Å²) in [5, 5.41) is 0. The van der Waals surface area contributed by atoms with Crippen LogP contribution < -0.4 is 0 Å². The van der Waals surface area contributed by atoms with E-state index in [-0.39, 0.29) is 0 Å². The zero-order chi connectivity index (χ0) is 28.1. The van der Waals surface area contributed by atoms with E-state index in [1.165, 1.54) is 32.6 Å². The minimum atomic E-state index is -3.78. The van der Waals surface area contributed by atoms with Gasteiger partial charge in [-0.2, -0.15) is 0 Å². The molecule has 0 radical (unpaired) electrons. The molecular formula is C34H47NO2SSn. The Morgan fingerprint density at radius 1 is 0.718 bits per heavy atom. The van der Waals surface area contributed by atoms with E-state index in [0.29, 0.717) is 11.4 Å². The summed E-state index contributed by atoms with van der Waals surface area (Å²) in [6, 6.07) is 27.9. The maximum atomic E-state index is 14.7. The Labute approximate surface area is 242 Å². The van der Waals surface area contributed by atoms with Crippen LogP contribution in [0.15, 0.2) is 93.5 Å². The van der Waals surface area contributed by atoms with Crippen LogP contribution in [0, 0.1) is 6.92 Å². The summed E-state index contributed by atoms with van der Waals surface area (Å²) in [6.45, 7) is 9.16. The first-order valence-electron chi connectivity index (χ1n) is 14.8. The van der Waals surface area contributed by atoms with E-state index >= 15 is 0 Å². The predicted octanol–water partition coefficient (Wildman–Crippen LogP) is 9.62. The van der Waals surface area contributed by atoms with Crippen LogP contribution in [-0.2, 0) is 16.6 Å². The number of nitrogens with zero attached hydrogens (tertiary/aromatic N) is 1. The van der Waals surface area contributed by atoms with Crippen molar-refractivity contribution in [2.75, 3.05) is 0 Å². The fraction of sp³-hybridized carbons (Fsp3) is 0.412. The summed E-state index contributed by atoms with van der Waals surface area (Å²) >= 11 is -3.26. The SMILES string of the molecule is CCC[CH2][Sn]([CH2]CCC)([CH2]CCC)/[C](=C\c1ccccc1)N(Cc1ccccc1)S(=O)(=O)c1ccc(C)cc1. The molecule has 3 aromatic carbocycles. The summed E-state index contributed by atoms with van der Waals surface area (Å²) in [6.07, 6.45) is 9.18. The number of hydrogen-bond acceptors (Lipinski definition) is 2. The molecular weight excluding hydrogens is 605 g/mol. The second kappa shape index (κ2) is 15.7. The predicted molar refractivity (Wildman–Crippen MR) is 170 cm³/mol. The van der Waals surface area contributed by atoms with Gasteiger partial charge in [-0.1, -0.05) is 0 Å². The molecule has 0 bridgehead atoms. The summed E-state index contributed by atoms with van der Waals surface area (Å²) in [5.74, 6) is 0. The maximum absolute atomic E-state index is 14.7. The molecule has 0 aliphatic heterocycles. The van der Waals surface area contributed by atoms with E-state index in [1.54, 1.807) is 12.1 Å². The standard InChI is InChI=1S/C22H20NO2S.3C4H9.Sn/c1-19-12-14-22(15-13-19)26(24,25)23(18-21-10-6-3-7-11-21)17-16-20-8-4-2-5-9-20;3*1-3-4-2;/h2-16H,18H2,1H3;3*1,3-4H2,2H3;. The third-order valence-electron chi connectivity index (χ3n) is 7.72. The summed E-state index contributed by atoms with van der Waals surface area (Å²) in [5.41, 5.74) is 3.18. The quantitative estimate of drug-likeness (QED) is 0.145. The molecule has 0 heterocycles. The normalized spacial score (nSPS) is 12.5. The summed E-state index contributed by atoms with van der Waals surface area (Å²) in [4.78, 5) is 0.379. The summed E-state index contributed by atoms with van der Waals surface area (Å²) < 4.78 is 35.9. The zero-order valence-corrected chi connectivity index (χ0v) is 28.1.